The Bertz CT molecular complexity index is 922. The second-order valence-electron chi connectivity index (χ2n) is 6.85. The van der Waals surface area contributed by atoms with Gasteiger partial charge in [-0.05, 0) is 12.5 Å². The number of rotatable bonds is 3. The zero-order valence-corrected chi connectivity index (χ0v) is 14.5. The molecular weight excluding hydrogens is 352 g/mol. The van der Waals surface area contributed by atoms with E-state index in [2.05, 4.69) is 16.2 Å². The number of carbonyl (C=O) groups excluding carboxylic acids is 1. The van der Waals surface area contributed by atoms with Crippen molar-refractivity contribution in [1.82, 2.24) is 10.9 Å². The molecule has 3 aliphatic rings. The first-order valence-electron chi connectivity index (χ1n) is 8.63. The molecule has 0 radical (unpaired) electrons. The molecule has 10 heteroatoms. The van der Waals surface area contributed by atoms with Crippen molar-refractivity contribution in [3.05, 3.63) is 45.3 Å². The van der Waals surface area contributed by atoms with E-state index in [9.17, 15) is 20.2 Å². The van der Waals surface area contributed by atoms with Crippen LogP contribution in [0.5, 0.6) is 0 Å². The smallest absolute Gasteiger partial charge is 0.269 e. The Morgan fingerprint density at radius 1 is 1.44 bits per heavy atom. The number of amides is 1. The Balaban J connectivity index is 2.01. The number of carbonyl (C=O) groups is 1. The molecule has 5 N–H and O–H groups in total. The van der Waals surface area contributed by atoms with Crippen molar-refractivity contribution in [2.45, 2.75) is 37.5 Å². The van der Waals surface area contributed by atoms with Crippen LogP contribution in [0.25, 0.3) is 0 Å². The van der Waals surface area contributed by atoms with E-state index in [1.807, 2.05) is 13.0 Å². The van der Waals surface area contributed by atoms with Crippen LogP contribution in [0.15, 0.2) is 29.7 Å². The van der Waals surface area contributed by atoms with E-state index in [-0.39, 0.29) is 23.2 Å². The maximum absolute atomic E-state index is 13.3. The maximum Gasteiger partial charge on any atom is 0.269 e. The lowest BCUT2D eigenvalue weighted by Crippen LogP contribution is -2.55. The molecule has 3 heterocycles. The van der Waals surface area contributed by atoms with Gasteiger partial charge in [-0.15, -0.1) is 0 Å². The number of fused-ring (bicyclic) bond motifs is 4. The summed E-state index contributed by atoms with van der Waals surface area (Å²) in [6, 6.07) is 5.99. The Morgan fingerprint density at radius 3 is 2.89 bits per heavy atom. The summed E-state index contributed by atoms with van der Waals surface area (Å²) in [5, 5.41) is 23.9. The van der Waals surface area contributed by atoms with Gasteiger partial charge >= 0.3 is 0 Å². The predicted octanol–water partition coefficient (Wildman–Crippen LogP) is 0.728. The Morgan fingerprint density at radius 2 is 2.22 bits per heavy atom. The zero-order chi connectivity index (χ0) is 19.3. The predicted molar refractivity (Wildman–Crippen MR) is 93.6 cm³/mol. The van der Waals surface area contributed by atoms with Crippen molar-refractivity contribution in [3.8, 4) is 6.07 Å². The Hall–Kier alpha value is -3.16. The number of nitro groups is 1. The third kappa shape index (κ3) is 2.16. The number of hydrogen-bond acceptors (Lipinski definition) is 8. The average Bonchev–Trinajstić information content (AvgIpc) is 3.15. The van der Waals surface area contributed by atoms with Crippen LogP contribution in [0.1, 0.15) is 25.3 Å². The van der Waals surface area contributed by atoms with Gasteiger partial charge in [0.25, 0.3) is 5.69 Å². The first kappa shape index (κ1) is 17.3. The van der Waals surface area contributed by atoms with E-state index >= 15 is 0 Å². The Kier molecular flexibility index (Phi) is 3.80. The quantitative estimate of drug-likeness (QED) is 0.448. The molecule has 4 atom stereocenters. The van der Waals surface area contributed by atoms with Gasteiger partial charge in [0.15, 0.2) is 6.23 Å². The molecule has 1 aromatic carbocycles. The standard InChI is InChI=1S/C17H18N6O4/c1-2-3-12-13-15(22-21-12)27-14(19)10(7-18)17(13)9-6-8(23(25)26)4-5-11(9)20-16(17)24/h4-6,12-13,15,21-22H,2-3,19H2,1H3,(H,20,24). The first-order valence-corrected chi connectivity index (χ1v) is 8.63. The van der Waals surface area contributed by atoms with E-state index in [4.69, 9.17) is 10.5 Å². The van der Waals surface area contributed by atoms with Gasteiger partial charge in [-0.3, -0.25) is 20.3 Å². The number of nitriles is 1. The van der Waals surface area contributed by atoms with Gasteiger partial charge in [0, 0.05) is 29.4 Å². The summed E-state index contributed by atoms with van der Waals surface area (Å²) < 4.78 is 5.67. The summed E-state index contributed by atoms with van der Waals surface area (Å²) in [5.41, 5.74) is 11.3. The van der Waals surface area contributed by atoms with Crippen molar-refractivity contribution in [2.24, 2.45) is 11.7 Å². The molecule has 4 rings (SSSR count). The van der Waals surface area contributed by atoms with E-state index in [0.717, 1.165) is 12.8 Å². The molecule has 27 heavy (non-hydrogen) atoms. The number of anilines is 1. The van der Waals surface area contributed by atoms with Crippen LogP contribution in [0.4, 0.5) is 11.4 Å². The minimum Gasteiger partial charge on any atom is -0.458 e. The van der Waals surface area contributed by atoms with Gasteiger partial charge in [0.1, 0.15) is 17.1 Å². The number of ether oxygens (including phenoxy) is 1. The molecule has 0 saturated carbocycles. The fourth-order valence-corrected chi connectivity index (χ4v) is 4.48. The molecule has 0 bridgehead atoms. The van der Waals surface area contributed by atoms with Crippen molar-refractivity contribution in [2.75, 3.05) is 5.32 Å². The molecular formula is C17H18N6O4. The Labute approximate surface area is 154 Å². The molecule has 1 saturated heterocycles. The van der Waals surface area contributed by atoms with Crippen LogP contribution >= 0.6 is 0 Å². The maximum atomic E-state index is 13.3. The number of nitrogens with two attached hydrogens (primary N) is 1. The van der Waals surface area contributed by atoms with Gasteiger partial charge in [0.2, 0.25) is 11.8 Å². The SMILES string of the molecule is CCCC1NNC2OC(N)=C(C#N)C3(C(=O)Nc4ccc([N+](=O)[O-])cc43)C12. The van der Waals surface area contributed by atoms with E-state index in [1.165, 1.54) is 18.2 Å². The van der Waals surface area contributed by atoms with E-state index in [1.54, 1.807) is 0 Å². The molecule has 1 aromatic rings. The lowest BCUT2D eigenvalue weighted by Gasteiger charge is -2.42. The summed E-state index contributed by atoms with van der Waals surface area (Å²) in [7, 11) is 0. The van der Waals surface area contributed by atoms with Crippen molar-refractivity contribution >= 4 is 17.3 Å². The highest BCUT2D eigenvalue weighted by atomic mass is 16.6. The van der Waals surface area contributed by atoms with Crippen molar-refractivity contribution in [3.63, 3.8) is 0 Å². The molecule has 1 spiro atoms. The molecule has 4 unspecified atom stereocenters. The van der Waals surface area contributed by atoms with Crippen LogP contribution in [-0.4, -0.2) is 23.1 Å². The minimum atomic E-state index is -1.46. The topological polar surface area (TPSA) is 155 Å². The zero-order valence-electron chi connectivity index (χ0n) is 14.5. The third-order valence-corrected chi connectivity index (χ3v) is 5.52. The normalized spacial score (nSPS) is 31.1. The van der Waals surface area contributed by atoms with Gasteiger partial charge < -0.3 is 15.8 Å². The highest BCUT2D eigenvalue weighted by Gasteiger charge is 2.65. The van der Waals surface area contributed by atoms with Gasteiger partial charge in [-0.25, -0.2) is 5.43 Å². The molecule has 0 aliphatic carbocycles. The number of nitrogens with one attached hydrogen (secondary N) is 3. The molecule has 140 valence electrons. The fraction of sp³-hybridized carbons (Fsp3) is 0.412. The molecule has 10 nitrogen and oxygen atoms in total. The van der Waals surface area contributed by atoms with Gasteiger partial charge in [-0.1, -0.05) is 13.3 Å². The average molecular weight is 370 g/mol. The van der Waals surface area contributed by atoms with Crippen LogP contribution in [0.2, 0.25) is 0 Å². The highest BCUT2D eigenvalue weighted by molar-refractivity contribution is 6.10. The van der Waals surface area contributed by atoms with Crippen LogP contribution in [0.3, 0.4) is 0 Å². The summed E-state index contributed by atoms with van der Waals surface area (Å²) in [6.07, 6.45) is 0.910. The number of benzene rings is 1. The summed E-state index contributed by atoms with van der Waals surface area (Å²) in [6.45, 7) is 2.01. The first-order chi connectivity index (χ1) is 12.9. The minimum absolute atomic E-state index is 0.0212. The largest absolute Gasteiger partial charge is 0.458 e. The number of nitrogens with zero attached hydrogens (tertiary/aromatic N) is 2. The van der Waals surface area contributed by atoms with E-state index < -0.39 is 28.4 Å². The lowest BCUT2D eigenvalue weighted by molar-refractivity contribution is -0.384. The number of hydrogen-bond donors (Lipinski definition) is 4. The van der Waals surface area contributed by atoms with Crippen molar-refractivity contribution in [1.29, 1.82) is 5.26 Å². The van der Waals surface area contributed by atoms with Crippen LogP contribution < -0.4 is 21.9 Å². The lowest BCUT2D eigenvalue weighted by atomic mass is 9.62. The summed E-state index contributed by atoms with van der Waals surface area (Å²) in [5.74, 6) is -1.08. The third-order valence-electron chi connectivity index (χ3n) is 5.52. The van der Waals surface area contributed by atoms with Crippen molar-refractivity contribution < 1.29 is 14.5 Å². The number of hydrazine groups is 1. The van der Waals surface area contributed by atoms with Gasteiger partial charge in [0.05, 0.1) is 10.8 Å². The molecule has 1 fully saturated rings. The number of nitro benzene ring substituents is 1. The van der Waals surface area contributed by atoms with Crippen LogP contribution in [0, 0.1) is 27.4 Å². The highest BCUT2D eigenvalue weighted by Crippen LogP contribution is 2.54. The molecule has 1 amide bonds. The van der Waals surface area contributed by atoms with Crippen LogP contribution in [-0.2, 0) is 14.9 Å². The second kappa shape index (κ2) is 5.94. The summed E-state index contributed by atoms with van der Waals surface area (Å²) in [4.78, 5) is 24.0. The summed E-state index contributed by atoms with van der Waals surface area (Å²) >= 11 is 0. The monoisotopic (exact) mass is 370 g/mol. The van der Waals surface area contributed by atoms with Gasteiger partial charge in [-0.2, -0.15) is 5.26 Å². The van der Waals surface area contributed by atoms with E-state index in [0.29, 0.717) is 11.3 Å². The molecule has 3 aliphatic heterocycles. The second-order valence-corrected chi connectivity index (χ2v) is 6.85. The fourth-order valence-electron chi connectivity index (χ4n) is 4.48. The number of non-ortho nitro benzene ring substituents is 1. The molecule has 0 aromatic heterocycles.